The SMILES string of the molecule is CC(OC(=O)COc1ccc(C#N)cc1)C(=O)Nc1cccc2ccccc12. The standard InChI is InChI=1S/C22H18N2O4/c1-15(28-21(25)14-27-18-11-9-16(13-23)10-12-18)22(26)24-20-8-4-6-17-5-2-3-7-19(17)20/h2-12,15H,14H2,1H3,(H,24,26). The number of benzene rings is 3. The second-order valence-corrected chi connectivity index (χ2v) is 6.07. The van der Waals surface area contributed by atoms with Gasteiger partial charge in [0.25, 0.3) is 5.91 Å². The van der Waals surface area contributed by atoms with Gasteiger partial charge in [-0.3, -0.25) is 4.79 Å². The van der Waals surface area contributed by atoms with Crippen molar-refractivity contribution in [1.29, 1.82) is 5.26 Å². The van der Waals surface area contributed by atoms with Crippen molar-refractivity contribution >= 4 is 28.3 Å². The number of nitrogens with one attached hydrogen (secondary N) is 1. The number of esters is 1. The number of nitrogens with zero attached hydrogens (tertiary/aromatic N) is 1. The predicted molar refractivity (Wildman–Crippen MR) is 105 cm³/mol. The third kappa shape index (κ3) is 4.65. The number of rotatable bonds is 6. The maximum absolute atomic E-state index is 12.4. The van der Waals surface area contributed by atoms with Crippen LogP contribution in [-0.2, 0) is 14.3 Å². The number of amides is 1. The lowest BCUT2D eigenvalue weighted by atomic mass is 10.1. The van der Waals surface area contributed by atoms with Gasteiger partial charge in [0, 0.05) is 11.1 Å². The molecule has 3 aromatic carbocycles. The summed E-state index contributed by atoms with van der Waals surface area (Å²) in [5.41, 5.74) is 1.15. The van der Waals surface area contributed by atoms with E-state index in [-0.39, 0.29) is 6.61 Å². The summed E-state index contributed by atoms with van der Waals surface area (Å²) in [6, 6.07) is 21.6. The third-order valence-electron chi connectivity index (χ3n) is 4.07. The first-order chi connectivity index (χ1) is 13.6. The number of carbonyl (C=O) groups is 2. The number of hydrogen-bond acceptors (Lipinski definition) is 5. The third-order valence-corrected chi connectivity index (χ3v) is 4.07. The van der Waals surface area contributed by atoms with Crippen molar-refractivity contribution in [1.82, 2.24) is 0 Å². The minimum absolute atomic E-state index is 0.336. The average molecular weight is 374 g/mol. The van der Waals surface area contributed by atoms with Crippen molar-refractivity contribution in [2.75, 3.05) is 11.9 Å². The number of hydrogen-bond donors (Lipinski definition) is 1. The molecule has 0 saturated heterocycles. The molecule has 1 amide bonds. The van der Waals surface area contributed by atoms with E-state index in [2.05, 4.69) is 5.32 Å². The summed E-state index contributed by atoms with van der Waals surface area (Å²) in [6.45, 7) is 1.16. The van der Waals surface area contributed by atoms with Gasteiger partial charge in [0.2, 0.25) is 0 Å². The Kier molecular flexibility index (Phi) is 5.87. The lowest BCUT2D eigenvalue weighted by Gasteiger charge is -2.15. The number of nitriles is 1. The van der Waals surface area contributed by atoms with E-state index in [9.17, 15) is 9.59 Å². The molecule has 3 aromatic rings. The van der Waals surface area contributed by atoms with E-state index in [1.54, 1.807) is 30.3 Å². The molecule has 0 fully saturated rings. The Bertz CT molecular complexity index is 1030. The minimum Gasteiger partial charge on any atom is -0.482 e. The van der Waals surface area contributed by atoms with Gasteiger partial charge in [-0.25, -0.2) is 4.79 Å². The average Bonchev–Trinajstić information content (AvgIpc) is 2.73. The topological polar surface area (TPSA) is 88.4 Å². The second kappa shape index (κ2) is 8.69. The number of fused-ring (bicyclic) bond motifs is 1. The van der Waals surface area contributed by atoms with Crippen LogP contribution in [0.15, 0.2) is 66.7 Å². The summed E-state index contributed by atoms with van der Waals surface area (Å²) >= 11 is 0. The van der Waals surface area contributed by atoms with E-state index < -0.39 is 18.0 Å². The number of carbonyl (C=O) groups excluding carboxylic acids is 2. The molecule has 1 N–H and O–H groups in total. The van der Waals surface area contributed by atoms with E-state index in [0.717, 1.165) is 10.8 Å². The molecule has 28 heavy (non-hydrogen) atoms. The number of ether oxygens (including phenoxy) is 2. The molecule has 3 rings (SSSR count). The second-order valence-electron chi connectivity index (χ2n) is 6.07. The summed E-state index contributed by atoms with van der Waals surface area (Å²) in [4.78, 5) is 24.3. The zero-order valence-corrected chi connectivity index (χ0v) is 15.2. The van der Waals surface area contributed by atoms with E-state index in [4.69, 9.17) is 14.7 Å². The van der Waals surface area contributed by atoms with Gasteiger partial charge in [-0.15, -0.1) is 0 Å². The van der Waals surface area contributed by atoms with Crippen LogP contribution in [0.25, 0.3) is 10.8 Å². The highest BCUT2D eigenvalue weighted by atomic mass is 16.6. The highest BCUT2D eigenvalue weighted by Crippen LogP contribution is 2.23. The summed E-state index contributed by atoms with van der Waals surface area (Å²) in [5.74, 6) is -0.656. The minimum atomic E-state index is -0.976. The highest BCUT2D eigenvalue weighted by molar-refractivity contribution is 6.03. The Morgan fingerprint density at radius 3 is 2.50 bits per heavy atom. The molecule has 6 nitrogen and oxygen atoms in total. The predicted octanol–water partition coefficient (Wildman–Crippen LogP) is 3.66. The van der Waals surface area contributed by atoms with Crippen LogP contribution >= 0.6 is 0 Å². The maximum Gasteiger partial charge on any atom is 0.344 e. The quantitative estimate of drug-likeness (QED) is 0.665. The first-order valence-electron chi connectivity index (χ1n) is 8.68. The molecule has 0 aliphatic rings. The van der Waals surface area contributed by atoms with Crippen molar-refractivity contribution in [3.05, 3.63) is 72.3 Å². The zero-order chi connectivity index (χ0) is 19.9. The molecule has 0 aliphatic carbocycles. The largest absolute Gasteiger partial charge is 0.482 e. The Labute approximate surface area is 162 Å². The van der Waals surface area contributed by atoms with Gasteiger partial charge in [0.15, 0.2) is 12.7 Å². The van der Waals surface area contributed by atoms with Gasteiger partial charge in [-0.1, -0.05) is 36.4 Å². The number of anilines is 1. The van der Waals surface area contributed by atoms with Gasteiger partial charge in [0.1, 0.15) is 5.75 Å². The Morgan fingerprint density at radius 2 is 1.75 bits per heavy atom. The smallest absolute Gasteiger partial charge is 0.344 e. The van der Waals surface area contributed by atoms with Gasteiger partial charge in [0.05, 0.1) is 11.6 Å². The fourth-order valence-corrected chi connectivity index (χ4v) is 2.62. The van der Waals surface area contributed by atoms with E-state index >= 15 is 0 Å². The maximum atomic E-state index is 12.4. The first-order valence-corrected chi connectivity index (χ1v) is 8.68. The summed E-state index contributed by atoms with van der Waals surface area (Å²) < 4.78 is 10.4. The van der Waals surface area contributed by atoms with Crippen LogP contribution in [0.1, 0.15) is 12.5 Å². The fraction of sp³-hybridized carbons (Fsp3) is 0.136. The van der Waals surface area contributed by atoms with E-state index in [0.29, 0.717) is 17.0 Å². The van der Waals surface area contributed by atoms with Crippen molar-refractivity contribution < 1.29 is 19.1 Å². The van der Waals surface area contributed by atoms with Crippen LogP contribution in [0.2, 0.25) is 0 Å². The molecule has 1 unspecified atom stereocenters. The van der Waals surface area contributed by atoms with Crippen molar-refractivity contribution in [3.8, 4) is 11.8 Å². The lowest BCUT2D eigenvalue weighted by molar-refractivity contribution is -0.155. The molecule has 0 heterocycles. The molecular formula is C22H18N2O4. The normalized spacial score (nSPS) is 11.3. The van der Waals surface area contributed by atoms with Crippen molar-refractivity contribution in [3.63, 3.8) is 0 Å². The molecule has 0 aliphatic heterocycles. The van der Waals surface area contributed by atoms with Crippen LogP contribution in [0.4, 0.5) is 5.69 Å². The van der Waals surface area contributed by atoms with Gasteiger partial charge >= 0.3 is 5.97 Å². The molecule has 6 heteroatoms. The van der Waals surface area contributed by atoms with Gasteiger partial charge < -0.3 is 14.8 Å². The zero-order valence-electron chi connectivity index (χ0n) is 15.2. The molecule has 1 atom stereocenters. The lowest BCUT2D eigenvalue weighted by Crippen LogP contribution is -2.31. The summed E-state index contributed by atoms with van der Waals surface area (Å²) in [5, 5.41) is 13.5. The first kappa shape index (κ1) is 18.9. The Balaban J connectivity index is 1.54. The van der Waals surface area contributed by atoms with Crippen LogP contribution < -0.4 is 10.1 Å². The van der Waals surface area contributed by atoms with Crippen LogP contribution in [0.3, 0.4) is 0 Å². The van der Waals surface area contributed by atoms with Gasteiger partial charge in [-0.05, 0) is 42.6 Å². The molecule has 0 saturated carbocycles. The van der Waals surface area contributed by atoms with Crippen LogP contribution in [-0.4, -0.2) is 24.6 Å². The van der Waals surface area contributed by atoms with Crippen molar-refractivity contribution in [2.24, 2.45) is 0 Å². The Morgan fingerprint density at radius 1 is 1.04 bits per heavy atom. The van der Waals surface area contributed by atoms with Crippen LogP contribution in [0.5, 0.6) is 5.75 Å². The molecule has 0 aromatic heterocycles. The molecule has 0 spiro atoms. The molecule has 0 bridgehead atoms. The summed E-state index contributed by atoms with van der Waals surface area (Å²) in [6.07, 6.45) is -0.976. The monoisotopic (exact) mass is 374 g/mol. The summed E-state index contributed by atoms with van der Waals surface area (Å²) in [7, 11) is 0. The fourth-order valence-electron chi connectivity index (χ4n) is 2.62. The van der Waals surface area contributed by atoms with Gasteiger partial charge in [-0.2, -0.15) is 5.26 Å². The van der Waals surface area contributed by atoms with Crippen LogP contribution in [0, 0.1) is 11.3 Å². The van der Waals surface area contributed by atoms with Crippen molar-refractivity contribution in [2.45, 2.75) is 13.0 Å². The van der Waals surface area contributed by atoms with E-state index in [1.807, 2.05) is 42.5 Å². The van der Waals surface area contributed by atoms with E-state index in [1.165, 1.54) is 6.92 Å². The highest BCUT2D eigenvalue weighted by Gasteiger charge is 2.19. The molecular weight excluding hydrogens is 356 g/mol. The molecule has 0 radical (unpaired) electrons. The molecule has 140 valence electrons. The Hall–Kier alpha value is -3.85.